The molecule has 1 unspecified atom stereocenters. The monoisotopic (exact) mass is 372 g/mol. The Balaban J connectivity index is 1.73. The average molecular weight is 373 g/mol. The molecule has 2 aromatic rings. The molecule has 0 aliphatic heterocycles. The van der Waals surface area contributed by atoms with E-state index < -0.39 is 0 Å². The zero-order chi connectivity index (χ0) is 18.8. The molecule has 26 heavy (non-hydrogen) atoms. The van der Waals surface area contributed by atoms with Crippen molar-refractivity contribution < 1.29 is 9.59 Å². The first-order chi connectivity index (χ1) is 12.6. The zero-order valence-corrected chi connectivity index (χ0v) is 15.8. The molecule has 0 saturated carbocycles. The molecule has 0 aromatic heterocycles. The number of halogens is 1. The molecule has 2 N–H and O–H groups in total. The van der Waals surface area contributed by atoms with Crippen LogP contribution in [-0.2, 0) is 4.79 Å². The van der Waals surface area contributed by atoms with Crippen molar-refractivity contribution in [3.8, 4) is 0 Å². The van der Waals surface area contributed by atoms with Crippen molar-refractivity contribution in [2.75, 3.05) is 6.54 Å². The number of hydrogen-bond donors (Lipinski definition) is 2. The fourth-order valence-corrected chi connectivity index (χ4v) is 2.84. The van der Waals surface area contributed by atoms with Gasteiger partial charge in [-0.2, -0.15) is 0 Å². The van der Waals surface area contributed by atoms with Crippen LogP contribution in [0.2, 0.25) is 5.02 Å². The minimum absolute atomic E-state index is 0.00745. The standard InChI is InChI=1S/C21H25ClN2O2/c1-2-7-19(16-8-4-3-5-9-16)24-20(25)10-6-15-23-21(26)17-11-13-18(22)14-12-17/h3-5,8-9,11-14,19H,2,6-7,10,15H2,1H3,(H,23,26)(H,24,25). The van der Waals surface area contributed by atoms with Gasteiger partial charge in [0.05, 0.1) is 6.04 Å². The van der Waals surface area contributed by atoms with E-state index >= 15 is 0 Å². The maximum atomic E-state index is 12.2. The predicted molar refractivity (Wildman–Crippen MR) is 105 cm³/mol. The third-order valence-corrected chi connectivity index (χ3v) is 4.34. The number of benzene rings is 2. The van der Waals surface area contributed by atoms with Crippen molar-refractivity contribution in [3.63, 3.8) is 0 Å². The Hall–Kier alpha value is -2.33. The summed E-state index contributed by atoms with van der Waals surface area (Å²) in [7, 11) is 0. The third kappa shape index (κ3) is 6.52. The van der Waals surface area contributed by atoms with Crippen LogP contribution in [0.3, 0.4) is 0 Å². The maximum Gasteiger partial charge on any atom is 0.251 e. The lowest BCUT2D eigenvalue weighted by Gasteiger charge is -2.18. The van der Waals surface area contributed by atoms with Crippen LogP contribution in [0.5, 0.6) is 0 Å². The summed E-state index contributed by atoms with van der Waals surface area (Å²) in [4.78, 5) is 24.2. The van der Waals surface area contributed by atoms with E-state index in [1.165, 1.54) is 0 Å². The van der Waals surface area contributed by atoms with E-state index in [1.54, 1.807) is 24.3 Å². The van der Waals surface area contributed by atoms with E-state index in [4.69, 9.17) is 11.6 Å². The minimum atomic E-state index is -0.157. The number of carbonyl (C=O) groups is 2. The normalized spacial score (nSPS) is 11.6. The number of rotatable bonds is 9. The highest BCUT2D eigenvalue weighted by atomic mass is 35.5. The first kappa shape index (κ1) is 20.0. The summed E-state index contributed by atoms with van der Waals surface area (Å²) < 4.78 is 0. The first-order valence-electron chi connectivity index (χ1n) is 8.98. The zero-order valence-electron chi connectivity index (χ0n) is 15.0. The summed E-state index contributed by atoms with van der Waals surface area (Å²) >= 11 is 5.81. The number of carbonyl (C=O) groups excluding carboxylic acids is 2. The second kappa shape index (κ2) is 10.6. The van der Waals surface area contributed by atoms with Gasteiger partial charge in [0, 0.05) is 23.6 Å². The number of hydrogen-bond acceptors (Lipinski definition) is 2. The molecule has 0 saturated heterocycles. The molecule has 0 aliphatic rings. The largest absolute Gasteiger partial charge is 0.352 e. The highest BCUT2D eigenvalue weighted by Gasteiger charge is 2.13. The molecule has 0 heterocycles. The lowest BCUT2D eigenvalue weighted by atomic mass is 10.0. The van der Waals surface area contributed by atoms with E-state index in [-0.39, 0.29) is 17.9 Å². The lowest BCUT2D eigenvalue weighted by molar-refractivity contribution is -0.122. The molecule has 0 spiro atoms. The molecular weight excluding hydrogens is 348 g/mol. The number of amides is 2. The molecule has 0 radical (unpaired) electrons. The molecule has 0 fully saturated rings. The van der Waals surface area contributed by atoms with Gasteiger partial charge in [-0.25, -0.2) is 0 Å². The Morgan fingerprint density at radius 3 is 2.38 bits per heavy atom. The minimum Gasteiger partial charge on any atom is -0.352 e. The molecular formula is C21H25ClN2O2. The molecule has 1 atom stereocenters. The molecule has 4 nitrogen and oxygen atoms in total. The van der Waals surface area contributed by atoms with Crippen molar-refractivity contribution in [1.29, 1.82) is 0 Å². The Morgan fingerprint density at radius 2 is 1.73 bits per heavy atom. The molecule has 0 aliphatic carbocycles. The Bertz CT molecular complexity index is 702. The van der Waals surface area contributed by atoms with Crippen molar-refractivity contribution in [2.45, 2.75) is 38.6 Å². The summed E-state index contributed by atoms with van der Waals surface area (Å²) in [5.41, 5.74) is 1.68. The fourth-order valence-electron chi connectivity index (χ4n) is 2.72. The first-order valence-corrected chi connectivity index (χ1v) is 9.36. The molecule has 5 heteroatoms. The maximum absolute atomic E-state index is 12.2. The van der Waals surface area contributed by atoms with Crippen LogP contribution in [0.1, 0.15) is 54.6 Å². The van der Waals surface area contributed by atoms with Crippen molar-refractivity contribution in [1.82, 2.24) is 10.6 Å². The number of nitrogens with one attached hydrogen (secondary N) is 2. The van der Waals surface area contributed by atoms with E-state index in [2.05, 4.69) is 17.6 Å². The van der Waals surface area contributed by atoms with Crippen LogP contribution in [0.4, 0.5) is 0 Å². The summed E-state index contributed by atoms with van der Waals surface area (Å²) in [6, 6.07) is 16.8. The van der Waals surface area contributed by atoms with E-state index in [0.29, 0.717) is 30.0 Å². The molecule has 2 amide bonds. The van der Waals surface area contributed by atoms with Gasteiger partial charge >= 0.3 is 0 Å². The van der Waals surface area contributed by atoms with Gasteiger partial charge in [0.2, 0.25) is 5.91 Å². The van der Waals surface area contributed by atoms with Crippen LogP contribution in [0.15, 0.2) is 54.6 Å². The third-order valence-electron chi connectivity index (χ3n) is 4.09. The van der Waals surface area contributed by atoms with E-state index in [1.807, 2.05) is 30.3 Å². The molecule has 138 valence electrons. The quantitative estimate of drug-likeness (QED) is 0.636. The van der Waals surface area contributed by atoms with Gasteiger partial charge in [0.15, 0.2) is 0 Å². The lowest BCUT2D eigenvalue weighted by Crippen LogP contribution is -2.30. The fraction of sp³-hybridized carbons (Fsp3) is 0.333. The topological polar surface area (TPSA) is 58.2 Å². The summed E-state index contributed by atoms with van der Waals surface area (Å²) in [5, 5.41) is 6.51. The molecule has 2 rings (SSSR count). The average Bonchev–Trinajstić information content (AvgIpc) is 2.66. The van der Waals surface area contributed by atoms with Gasteiger partial charge in [-0.15, -0.1) is 0 Å². The second-order valence-electron chi connectivity index (χ2n) is 6.19. The van der Waals surface area contributed by atoms with Crippen molar-refractivity contribution in [3.05, 3.63) is 70.7 Å². The summed E-state index contributed by atoms with van der Waals surface area (Å²) in [6.45, 7) is 2.56. The summed E-state index contributed by atoms with van der Waals surface area (Å²) in [5.74, 6) is -0.150. The van der Waals surface area contributed by atoms with Gasteiger partial charge in [-0.1, -0.05) is 55.3 Å². The Morgan fingerprint density at radius 1 is 1.04 bits per heavy atom. The van der Waals surface area contributed by atoms with Crippen LogP contribution in [0.25, 0.3) is 0 Å². The highest BCUT2D eigenvalue weighted by molar-refractivity contribution is 6.30. The van der Waals surface area contributed by atoms with Crippen LogP contribution < -0.4 is 10.6 Å². The van der Waals surface area contributed by atoms with Gasteiger partial charge < -0.3 is 10.6 Å². The van der Waals surface area contributed by atoms with Crippen molar-refractivity contribution in [2.24, 2.45) is 0 Å². The van der Waals surface area contributed by atoms with E-state index in [0.717, 1.165) is 18.4 Å². The smallest absolute Gasteiger partial charge is 0.251 e. The Kier molecular flexibility index (Phi) is 8.16. The molecule has 2 aromatic carbocycles. The second-order valence-corrected chi connectivity index (χ2v) is 6.62. The highest BCUT2D eigenvalue weighted by Crippen LogP contribution is 2.18. The van der Waals surface area contributed by atoms with E-state index in [9.17, 15) is 9.59 Å². The van der Waals surface area contributed by atoms with Gasteiger partial charge in [-0.3, -0.25) is 9.59 Å². The van der Waals surface area contributed by atoms with Gasteiger partial charge in [-0.05, 0) is 42.7 Å². The molecule has 0 bridgehead atoms. The Labute approximate surface area is 159 Å². The van der Waals surface area contributed by atoms with Crippen LogP contribution >= 0.6 is 11.6 Å². The van der Waals surface area contributed by atoms with Crippen LogP contribution in [0, 0.1) is 0 Å². The summed E-state index contributed by atoms with van der Waals surface area (Å²) in [6.07, 6.45) is 2.88. The SMILES string of the molecule is CCCC(NC(=O)CCCNC(=O)c1ccc(Cl)cc1)c1ccccc1. The van der Waals surface area contributed by atoms with Crippen molar-refractivity contribution >= 4 is 23.4 Å². The predicted octanol–water partition coefficient (Wildman–Crippen LogP) is 4.51. The van der Waals surface area contributed by atoms with Crippen LogP contribution in [-0.4, -0.2) is 18.4 Å². The van der Waals surface area contributed by atoms with Gasteiger partial charge in [0.1, 0.15) is 0 Å². The van der Waals surface area contributed by atoms with Gasteiger partial charge in [0.25, 0.3) is 5.91 Å².